The van der Waals surface area contributed by atoms with Crippen LogP contribution in [0.4, 0.5) is 0 Å². The lowest BCUT2D eigenvalue weighted by Crippen LogP contribution is -2.23. The van der Waals surface area contributed by atoms with Crippen molar-refractivity contribution in [1.29, 1.82) is 0 Å². The third kappa shape index (κ3) is 4.01. The lowest BCUT2D eigenvalue weighted by Gasteiger charge is -2.14. The van der Waals surface area contributed by atoms with E-state index in [0.29, 0.717) is 17.1 Å². The van der Waals surface area contributed by atoms with Gasteiger partial charge in [0.25, 0.3) is 0 Å². The van der Waals surface area contributed by atoms with E-state index in [1.165, 1.54) is 21.1 Å². The van der Waals surface area contributed by atoms with E-state index in [-0.39, 0.29) is 19.0 Å². The van der Waals surface area contributed by atoms with Crippen LogP contribution in [0.3, 0.4) is 0 Å². The number of rotatable bonds is 7. The van der Waals surface area contributed by atoms with Crippen molar-refractivity contribution in [2.45, 2.75) is 13.0 Å². The first-order valence-corrected chi connectivity index (χ1v) is 5.57. The molecule has 100 valence electrons. The molecule has 1 aromatic carbocycles. The van der Waals surface area contributed by atoms with Crippen LogP contribution in [0.15, 0.2) is 18.2 Å². The maximum absolute atomic E-state index is 11.4. The van der Waals surface area contributed by atoms with Gasteiger partial charge in [-0.1, -0.05) is 0 Å². The van der Waals surface area contributed by atoms with Crippen molar-refractivity contribution in [2.75, 3.05) is 27.4 Å². The number of aliphatic hydroxyl groups excluding tert-OH is 1. The molecule has 0 aliphatic carbocycles. The molecule has 0 fully saturated rings. The minimum Gasteiger partial charge on any atom is -0.497 e. The zero-order valence-electron chi connectivity index (χ0n) is 10.8. The number of aliphatic hydroxyl groups is 1. The normalized spacial score (nSPS) is 12.0. The standard InChI is InChI=1S/C13H18O5/c1-9(14)12-5-4-11(17-3)6-13(12)18-8-10(15)7-16-2/h4-6,10,15H,7-8H2,1-3H3. The highest BCUT2D eigenvalue weighted by Crippen LogP contribution is 2.25. The summed E-state index contributed by atoms with van der Waals surface area (Å²) < 4.78 is 15.3. The molecule has 0 heterocycles. The van der Waals surface area contributed by atoms with E-state index in [2.05, 4.69) is 0 Å². The van der Waals surface area contributed by atoms with E-state index in [1.54, 1.807) is 18.2 Å². The van der Waals surface area contributed by atoms with Crippen LogP contribution in [0, 0.1) is 0 Å². The first-order valence-electron chi connectivity index (χ1n) is 5.57. The summed E-state index contributed by atoms with van der Waals surface area (Å²) in [6.07, 6.45) is -0.735. The number of Topliss-reactive ketones (excluding diaryl/α,β-unsaturated/α-hetero) is 1. The highest BCUT2D eigenvalue weighted by Gasteiger charge is 2.12. The average molecular weight is 254 g/mol. The zero-order chi connectivity index (χ0) is 13.5. The van der Waals surface area contributed by atoms with Gasteiger partial charge < -0.3 is 19.3 Å². The molecular weight excluding hydrogens is 236 g/mol. The third-order valence-electron chi connectivity index (χ3n) is 2.36. The molecule has 1 unspecified atom stereocenters. The van der Waals surface area contributed by atoms with Crippen LogP contribution in [-0.4, -0.2) is 44.4 Å². The molecule has 1 aromatic rings. The van der Waals surface area contributed by atoms with Crippen LogP contribution >= 0.6 is 0 Å². The van der Waals surface area contributed by atoms with Gasteiger partial charge in [0.05, 0.1) is 19.3 Å². The number of methoxy groups -OCH3 is 2. The summed E-state index contributed by atoms with van der Waals surface area (Å²) >= 11 is 0. The van der Waals surface area contributed by atoms with Crippen molar-refractivity contribution in [1.82, 2.24) is 0 Å². The molecule has 5 heteroatoms. The highest BCUT2D eigenvalue weighted by atomic mass is 16.5. The number of benzene rings is 1. The Balaban J connectivity index is 2.80. The molecule has 1 N–H and O–H groups in total. The fourth-order valence-electron chi connectivity index (χ4n) is 1.47. The van der Waals surface area contributed by atoms with Crippen LogP contribution in [0.5, 0.6) is 11.5 Å². The van der Waals surface area contributed by atoms with Gasteiger partial charge in [0, 0.05) is 13.2 Å². The number of hydrogen-bond donors (Lipinski definition) is 1. The third-order valence-corrected chi connectivity index (χ3v) is 2.36. The smallest absolute Gasteiger partial charge is 0.163 e. The molecule has 0 aliphatic rings. The maximum atomic E-state index is 11.4. The SMILES string of the molecule is COCC(O)COc1cc(OC)ccc1C(C)=O. The van der Waals surface area contributed by atoms with E-state index >= 15 is 0 Å². The molecule has 5 nitrogen and oxygen atoms in total. The Labute approximate surface area is 106 Å². The van der Waals surface area contributed by atoms with Crippen molar-refractivity contribution in [2.24, 2.45) is 0 Å². The molecule has 0 aliphatic heterocycles. The van der Waals surface area contributed by atoms with E-state index < -0.39 is 6.10 Å². The fourth-order valence-corrected chi connectivity index (χ4v) is 1.47. The minimum absolute atomic E-state index is 0.0568. The summed E-state index contributed by atoms with van der Waals surface area (Å²) in [5.74, 6) is 0.891. The predicted molar refractivity (Wildman–Crippen MR) is 66.4 cm³/mol. The van der Waals surface area contributed by atoms with Crippen LogP contribution in [0.1, 0.15) is 17.3 Å². The number of ketones is 1. The Morgan fingerprint density at radius 3 is 2.61 bits per heavy atom. The van der Waals surface area contributed by atoms with Crippen LogP contribution in [0.25, 0.3) is 0 Å². The molecular formula is C13H18O5. The molecule has 0 spiro atoms. The van der Waals surface area contributed by atoms with Gasteiger partial charge in [-0.2, -0.15) is 0 Å². The largest absolute Gasteiger partial charge is 0.497 e. The van der Waals surface area contributed by atoms with E-state index in [1.807, 2.05) is 0 Å². The molecule has 0 amide bonds. The molecule has 0 bridgehead atoms. The lowest BCUT2D eigenvalue weighted by molar-refractivity contribution is 0.0322. The number of carbonyl (C=O) groups is 1. The lowest BCUT2D eigenvalue weighted by atomic mass is 10.1. The molecule has 0 saturated heterocycles. The fraction of sp³-hybridized carbons (Fsp3) is 0.462. The van der Waals surface area contributed by atoms with Gasteiger partial charge in [0.15, 0.2) is 5.78 Å². The summed E-state index contributed by atoms with van der Waals surface area (Å²) in [6, 6.07) is 4.95. The van der Waals surface area contributed by atoms with Gasteiger partial charge in [-0.25, -0.2) is 0 Å². The Kier molecular flexibility index (Phi) is 5.61. The zero-order valence-corrected chi connectivity index (χ0v) is 10.8. The Morgan fingerprint density at radius 1 is 1.33 bits per heavy atom. The van der Waals surface area contributed by atoms with Crippen molar-refractivity contribution >= 4 is 5.78 Å². The van der Waals surface area contributed by atoms with E-state index in [4.69, 9.17) is 14.2 Å². The van der Waals surface area contributed by atoms with Crippen LogP contribution in [-0.2, 0) is 4.74 Å². The van der Waals surface area contributed by atoms with Crippen molar-refractivity contribution < 1.29 is 24.1 Å². The monoisotopic (exact) mass is 254 g/mol. The molecule has 18 heavy (non-hydrogen) atoms. The molecule has 1 rings (SSSR count). The average Bonchev–Trinajstić information content (AvgIpc) is 2.36. The molecule has 1 atom stereocenters. The summed E-state index contributed by atoms with van der Waals surface area (Å²) in [6.45, 7) is 1.70. The van der Waals surface area contributed by atoms with E-state index in [9.17, 15) is 9.90 Å². The summed E-state index contributed by atoms with van der Waals surface area (Å²) in [5.41, 5.74) is 0.459. The number of carbonyl (C=O) groups excluding carboxylic acids is 1. The summed E-state index contributed by atoms with van der Waals surface area (Å²) in [4.78, 5) is 11.4. The first kappa shape index (κ1) is 14.5. The molecule has 0 saturated carbocycles. The van der Waals surface area contributed by atoms with Gasteiger partial charge in [0.2, 0.25) is 0 Å². The molecule has 0 aromatic heterocycles. The topological polar surface area (TPSA) is 65.0 Å². The Morgan fingerprint density at radius 2 is 2.06 bits per heavy atom. The van der Waals surface area contributed by atoms with Crippen molar-refractivity contribution in [3.63, 3.8) is 0 Å². The summed E-state index contributed by atoms with van der Waals surface area (Å²) in [7, 11) is 3.03. The first-order chi connectivity index (χ1) is 8.58. The molecule has 0 radical (unpaired) electrons. The quantitative estimate of drug-likeness (QED) is 0.743. The second-order valence-corrected chi connectivity index (χ2v) is 3.84. The Bertz CT molecular complexity index is 402. The van der Waals surface area contributed by atoms with Gasteiger partial charge >= 0.3 is 0 Å². The second kappa shape index (κ2) is 6.98. The van der Waals surface area contributed by atoms with Gasteiger partial charge in [-0.05, 0) is 19.1 Å². The van der Waals surface area contributed by atoms with Crippen molar-refractivity contribution in [3.05, 3.63) is 23.8 Å². The Hall–Kier alpha value is -1.59. The van der Waals surface area contributed by atoms with Crippen LogP contribution < -0.4 is 9.47 Å². The van der Waals surface area contributed by atoms with Gasteiger partial charge in [-0.3, -0.25) is 4.79 Å². The second-order valence-electron chi connectivity index (χ2n) is 3.84. The van der Waals surface area contributed by atoms with E-state index in [0.717, 1.165) is 0 Å². The minimum atomic E-state index is -0.735. The van der Waals surface area contributed by atoms with Crippen LogP contribution in [0.2, 0.25) is 0 Å². The van der Waals surface area contributed by atoms with Crippen molar-refractivity contribution in [3.8, 4) is 11.5 Å². The van der Waals surface area contributed by atoms with Gasteiger partial charge in [-0.15, -0.1) is 0 Å². The highest BCUT2D eigenvalue weighted by molar-refractivity contribution is 5.97. The number of hydrogen-bond acceptors (Lipinski definition) is 5. The predicted octanol–water partition coefficient (Wildman–Crippen LogP) is 1.28. The number of ether oxygens (including phenoxy) is 3. The maximum Gasteiger partial charge on any atom is 0.163 e. The van der Waals surface area contributed by atoms with Gasteiger partial charge in [0.1, 0.15) is 24.2 Å². The summed E-state index contributed by atoms with van der Waals surface area (Å²) in [5, 5.41) is 9.50.